The molecule has 0 atom stereocenters. The number of hydrogen-bond donors (Lipinski definition) is 2. The Balaban J connectivity index is 2.21. The average molecular weight is 378 g/mol. The first-order valence-electron chi connectivity index (χ1n) is 6.21. The molecule has 0 saturated carbocycles. The van der Waals surface area contributed by atoms with Crippen molar-refractivity contribution in [3.63, 3.8) is 0 Å². The molecule has 0 bridgehead atoms. The molecule has 0 saturated heterocycles. The van der Waals surface area contributed by atoms with E-state index in [4.69, 9.17) is 10.5 Å². The van der Waals surface area contributed by atoms with Crippen molar-refractivity contribution in [2.75, 3.05) is 0 Å². The van der Waals surface area contributed by atoms with E-state index in [9.17, 15) is 4.79 Å². The van der Waals surface area contributed by atoms with Gasteiger partial charge in [0.05, 0.1) is 11.8 Å². The molecule has 3 N–H and O–H groups in total. The Labute approximate surface area is 141 Å². The Morgan fingerprint density at radius 1 is 1.27 bits per heavy atom. The molecule has 0 aliphatic carbocycles. The summed E-state index contributed by atoms with van der Waals surface area (Å²) >= 11 is 8.02. The number of benzene rings is 2. The van der Waals surface area contributed by atoms with Crippen LogP contribution in [0.4, 0.5) is 0 Å². The summed E-state index contributed by atoms with van der Waals surface area (Å²) in [5.74, 6) is -0.0644. The van der Waals surface area contributed by atoms with E-state index in [0.29, 0.717) is 16.9 Å². The van der Waals surface area contributed by atoms with E-state index >= 15 is 0 Å². The van der Waals surface area contributed by atoms with E-state index < -0.39 is 5.97 Å². The second-order valence-electron chi connectivity index (χ2n) is 4.17. The highest BCUT2D eigenvalue weighted by Gasteiger charge is 2.11. The number of nitrogens with one attached hydrogen (secondary N) is 1. The molecule has 0 unspecified atom stereocenters. The van der Waals surface area contributed by atoms with Gasteiger partial charge in [0.1, 0.15) is 5.75 Å². The molecule has 2 aromatic carbocycles. The summed E-state index contributed by atoms with van der Waals surface area (Å²) in [6, 6.07) is 13.9. The number of carbonyl (C=O) groups excluding carboxylic acids is 1. The lowest BCUT2D eigenvalue weighted by molar-refractivity contribution is 0.0734. The van der Waals surface area contributed by atoms with Gasteiger partial charge in [-0.1, -0.05) is 34.1 Å². The van der Waals surface area contributed by atoms with Crippen LogP contribution in [0.5, 0.6) is 5.75 Å². The maximum absolute atomic E-state index is 12.1. The highest BCUT2D eigenvalue weighted by Crippen LogP contribution is 2.22. The molecule has 0 spiro atoms. The fourth-order valence-corrected chi connectivity index (χ4v) is 2.04. The van der Waals surface area contributed by atoms with Crippen molar-refractivity contribution >= 4 is 45.4 Å². The minimum atomic E-state index is -0.445. The maximum Gasteiger partial charge on any atom is 0.343 e. The molecule has 2 aromatic rings. The molecule has 2 rings (SSSR count). The maximum atomic E-state index is 12.1. The lowest BCUT2D eigenvalue weighted by Crippen LogP contribution is -2.24. The van der Waals surface area contributed by atoms with Crippen LogP contribution >= 0.6 is 28.1 Å². The van der Waals surface area contributed by atoms with Crippen molar-refractivity contribution in [1.29, 1.82) is 0 Å². The van der Waals surface area contributed by atoms with E-state index in [2.05, 4.69) is 38.7 Å². The summed E-state index contributed by atoms with van der Waals surface area (Å²) in [5.41, 5.74) is 8.81. The standard InChI is InChI=1S/C15H12BrN3O2S/c16-12-6-7-13(11(8-12)9-18-19-15(17)22)21-14(20)10-4-2-1-3-5-10/h1-9H,(H3,17,19,22)/b18-9+. The molecule has 0 aliphatic rings. The molecule has 0 amide bonds. The minimum absolute atomic E-state index is 0.0501. The molecule has 0 fully saturated rings. The first-order chi connectivity index (χ1) is 10.6. The van der Waals surface area contributed by atoms with Gasteiger partial charge in [0, 0.05) is 10.0 Å². The monoisotopic (exact) mass is 377 g/mol. The van der Waals surface area contributed by atoms with E-state index in [0.717, 1.165) is 4.47 Å². The molecule has 7 heteroatoms. The number of hydrazone groups is 1. The summed E-state index contributed by atoms with van der Waals surface area (Å²) in [4.78, 5) is 12.1. The first-order valence-corrected chi connectivity index (χ1v) is 7.41. The topological polar surface area (TPSA) is 76.7 Å². The number of halogens is 1. The smallest absolute Gasteiger partial charge is 0.343 e. The number of carbonyl (C=O) groups is 1. The second-order valence-corrected chi connectivity index (χ2v) is 5.53. The van der Waals surface area contributed by atoms with Gasteiger partial charge in [-0.2, -0.15) is 5.10 Å². The largest absolute Gasteiger partial charge is 0.422 e. The summed E-state index contributed by atoms with van der Waals surface area (Å²) in [6.45, 7) is 0. The van der Waals surface area contributed by atoms with Gasteiger partial charge in [0.2, 0.25) is 0 Å². The molecule has 112 valence electrons. The van der Waals surface area contributed by atoms with Crippen LogP contribution in [0.25, 0.3) is 0 Å². The van der Waals surface area contributed by atoms with Crippen molar-refractivity contribution in [2.24, 2.45) is 10.8 Å². The third kappa shape index (κ3) is 4.64. The molecule has 0 radical (unpaired) electrons. The van der Waals surface area contributed by atoms with Gasteiger partial charge in [-0.25, -0.2) is 4.79 Å². The van der Waals surface area contributed by atoms with Gasteiger partial charge in [0.25, 0.3) is 0 Å². The van der Waals surface area contributed by atoms with Crippen molar-refractivity contribution in [3.05, 3.63) is 64.1 Å². The van der Waals surface area contributed by atoms with Gasteiger partial charge >= 0.3 is 5.97 Å². The summed E-state index contributed by atoms with van der Waals surface area (Å²) in [6.07, 6.45) is 1.47. The van der Waals surface area contributed by atoms with E-state index in [1.165, 1.54) is 6.21 Å². The lowest BCUT2D eigenvalue weighted by atomic mass is 10.2. The van der Waals surface area contributed by atoms with Crippen LogP contribution in [0.3, 0.4) is 0 Å². The molecular formula is C15H12BrN3O2S. The summed E-state index contributed by atoms with van der Waals surface area (Å²) in [5, 5.41) is 3.92. The number of ether oxygens (including phenoxy) is 1. The summed E-state index contributed by atoms with van der Waals surface area (Å²) < 4.78 is 6.22. The van der Waals surface area contributed by atoms with Gasteiger partial charge in [-0.05, 0) is 42.5 Å². The van der Waals surface area contributed by atoms with Crippen LogP contribution in [-0.2, 0) is 0 Å². The highest BCUT2D eigenvalue weighted by atomic mass is 79.9. The molecular weight excluding hydrogens is 366 g/mol. The third-order valence-corrected chi connectivity index (χ3v) is 3.15. The second kappa shape index (κ2) is 7.67. The number of thiocarbonyl (C=S) groups is 1. The molecule has 0 heterocycles. The molecule has 5 nitrogen and oxygen atoms in total. The van der Waals surface area contributed by atoms with Crippen molar-refractivity contribution < 1.29 is 9.53 Å². The van der Waals surface area contributed by atoms with E-state index in [-0.39, 0.29) is 5.11 Å². The zero-order valence-electron chi connectivity index (χ0n) is 11.3. The molecule has 0 aromatic heterocycles. The van der Waals surface area contributed by atoms with Gasteiger partial charge in [-0.15, -0.1) is 0 Å². The lowest BCUT2D eigenvalue weighted by Gasteiger charge is -2.08. The first kappa shape index (κ1) is 16.1. The Morgan fingerprint density at radius 2 is 2.00 bits per heavy atom. The number of hydrogen-bond acceptors (Lipinski definition) is 4. The predicted octanol–water partition coefficient (Wildman–Crippen LogP) is 2.84. The number of nitrogens with zero attached hydrogens (tertiary/aromatic N) is 1. The van der Waals surface area contributed by atoms with Crippen LogP contribution in [0.15, 0.2) is 58.1 Å². The van der Waals surface area contributed by atoms with Crippen LogP contribution in [0, 0.1) is 0 Å². The number of esters is 1. The van der Waals surface area contributed by atoms with Crippen LogP contribution < -0.4 is 15.9 Å². The highest BCUT2D eigenvalue weighted by molar-refractivity contribution is 9.10. The zero-order valence-corrected chi connectivity index (χ0v) is 13.7. The third-order valence-electron chi connectivity index (χ3n) is 2.56. The zero-order chi connectivity index (χ0) is 15.9. The van der Waals surface area contributed by atoms with Crippen LogP contribution in [-0.4, -0.2) is 17.3 Å². The van der Waals surface area contributed by atoms with Gasteiger partial charge in [0.15, 0.2) is 5.11 Å². The van der Waals surface area contributed by atoms with Crippen molar-refractivity contribution in [3.8, 4) is 5.75 Å². The van der Waals surface area contributed by atoms with Crippen LogP contribution in [0.1, 0.15) is 15.9 Å². The van der Waals surface area contributed by atoms with Gasteiger partial charge in [-0.3, -0.25) is 5.43 Å². The fourth-order valence-electron chi connectivity index (χ4n) is 1.61. The van der Waals surface area contributed by atoms with Crippen molar-refractivity contribution in [1.82, 2.24) is 5.43 Å². The molecule has 22 heavy (non-hydrogen) atoms. The van der Waals surface area contributed by atoms with Gasteiger partial charge < -0.3 is 10.5 Å². The van der Waals surface area contributed by atoms with E-state index in [1.807, 2.05) is 6.07 Å². The predicted molar refractivity (Wildman–Crippen MR) is 93.1 cm³/mol. The number of nitrogens with two attached hydrogens (primary N) is 1. The Hall–Kier alpha value is -2.25. The van der Waals surface area contributed by atoms with Crippen LogP contribution in [0.2, 0.25) is 0 Å². The average Bonchev–Trinajstić information content (AvgIpc) is 2.50. The molecule has 0 aliphatic heterocycles. The van der Waals surface area contributed by atoms with Crippen molar-refractivity contribution in [2.45, 2.75) is 0 Å². The Morgan fingerprint density at radius 3 is 2.68 bits per heavy atom. The summed E-state index contributed by atoms with van der Waals surface area (Å²) in [7, 11) is 0. The fraction of sp³-hybridized carbons (Fsp3) is 0. The minimum Gasteiger partial charge on any atom is -0.422 e. The normalized spacial score (nSPS) is 10.4. The SMILES string of the molecule is NC(=S)N/N=C/c1cc(Br)ccc1OC(=O)c1ccccc1. The number of rotatable bonds is 4. The quantitative estimate of drug-likeness (QED) is 0.281. The Bertz CT molecular complexity index is 720. The van der Waals surface area contributed by atoms with E-state index in [1.54, 1.807) is 42.5 Å². The Kier molecular flexibility index (Phi) is 5.62.